The summed E-state index contributed by atoms with van der Waals surface area (Å²) in [7, 11) is 0. The van der Waals surface area contributed by atoms with Crippen LogP contribution in [0.1, 0.15) is 31.2 Å². The molecule has 2 unspecified atom stereocenters. The Bertz CT molecular complexity index is 497. The van der Waals surface area contributed by atoms with Gasteiger partial charge in [0.25, 0.3) is 0 Å². The van der Waals surface area contributed by atoms with Crippen LogP contribution in [-0.2, 0) is 4.79 Å². The second-order valence-corrected chi connectivity index (χ2v) is 4.79. The predicted molar refractivity (Wildman–Crippen MR) is 61.6 cm³/mol. The summed E-state index contributed by atoms with van der Waals surface area (Å²) in [5.41, 5.74) is 0.104. The number of hydrogen-bond donors (Lipinski definition) is 0. The summed E-state index contributed by atoms with van der Waals surface area (Å²) in [6, 6.07) is 4.68. The van der Waals surface area contributed by atoms with Gasteiger partial charge in [-0.3, -0.25) is 4.79 Å². The molecule has 0 bridgehead atoms. The molecule has 1 fully saturated rings. The van der Waals surface area contributed by atoms with Crippen molar-refractivity contribution in [2.45, 2.75) is 25.7 Å². The van der Waals surface area contributed by atoms with E-state index in [1.54, 1.807) is 6.92 Å². The van der Waals surface area contributed by atoms with E-state index in [2.05, 4.69) is 0 Å². The van der Waals surface area contributed by atoms with Gasteiger partial charge < -0.3 is 0 Å². The molecule has 0 saturated heterocycles. The Kier molecular flexibility index (Phi) is 3.42. The summed E-state index contributed by atoms with van der Waals surface area (Å²) >= 11 is 0. The molecule has 1 aromatic rings. The predicted octanol–water partition coefficient (Wildman–Crippen LogP) is 3.19. The molecule has 2 rings (SSSR count). The highest BCUT2D eigenvalue weighted by molar-refractivity contribution is 5.90. The van der Waals surface area contributed by atoms with Gasteiger partial charge in [-0.2, -0.15) is 5.26 Å². The molecule has 1 saturated carbocycles. The monoisotopic (exact) mass is 249 g/mol. The number of benzene rings is 1. The topological polar surface area (TPSA) is 40.9 Å². The van der Waals surface area contributed by atoms with Crippen molar-refractivity contribution in [1.82, 2.24) is 0 Å². The summed E-state index contributed by atoms with van der Waals surface area (Å²) in [4.78, 5) is 12.1. The molecule has 2 nitrogen and oxygen atoms in total. The van der Waals surface area contributed by atoms with E-state index in [4.69, 9.17) is 5.26 Å². The van der Waals surface area contributed by atoms with Crippen molar-refractivity contribution < 1.29 is 13.6 Å². The van der Waals surface area contributed by atoms with Gasteiger partial charge in [0.2, 0.25) is 0 Å². The molecule has 1 aliphatic carbocycles. The molecule has 0 heterocycles. The number of nitriles is 1. The summed E-state index contributed by atoms with van der Waals surface area (Å²) in [6.07, 6.45) is 1.98. The zero-order valence-corrected chi connectivity index (χ0v) is 9.99. The molecule has 0 spiro atoms. The van der Waals surface area contributed by atoms with Gasteiger partial charge in [0.15, 0.2) is 5.78 Å². The highest BCUT2D eigenvalue weighted by Gasteiger charge is 2.36. The van der Waals surface area contributed by atoms with E-state index in [0.29, 0.717) is 5.92 Å². The van der Waals surface area contributed by atoms with Gasteiger partial charge in [-0.25, -0.2) is 8.78 Å². The Balaban J connectivity index is 2.27. The molecule has 4 heteroatoms. The van der Waals surface area contributed by atoms with Gasteiger partial charge in [0.1, 0.15) is 17.6 Å². The molecule has 1 aromatic carbocycles. The van der Waals surface area contributed by atoms with Gasteiger partial charge in [-0.1, -0.05) is 6.92 Å². The zero-order chi connectivity index (χ0) is 13.3. The van der Waals surface area contributed by atoms with Crippen LogP contribution in [0.15, 0.2) is 18.2 Å². The molecule has 18 heavy (non-hydrogen) atoms. The summed E-state index contributed by atoms with van der Waals surface area (Å²) in [5.74, 6) is -2.75. The molecular weight excluding hydrogens is 236 g/mol. The fourth-order valence-corrected chi connectivity index (χ4v) is 2.14. The lowest BCUT2D eigenvalue weighted by Gasteiger charge is -2.14. The Hall–Kier alpha value is -1.76. The number of halogens is 2. The molecule has 94 valence electrons. The first-order chi connectivity index (χ1) is 8.52. The molecule has 0 aromatic heterocycles. The van der Waals surface area contributed by atoms with Crippen LogP contribution in [0.5, 0.6) is 0 Å². The van der Waals surface area contributed by atoms with Crippen LogP contribution in [0.3, 0.4) is 0 Å². The van der Waals surface area contributed by atoms with Crippen LogP contribution < -0.4 is 0 Å². The number of ketones is 1. The second-order valence-electron chi connectivity index (χ2n) is 4.79. The van der Waals surface area contributed by atoms with Gasteiger partial charge >= 0.3 is 0 Å². The first-order valence-electron chi connectivity index (χ1n) is 5.92. The highest BCUT2D eigenvalue weighted by Crippen LogP contribution is 2.39. The fourth-order valence-electron chi connectivity index (χ4n) is 2.14. The lowest BCUT2D eigenvalue weighted by Crippen LogP contribution is -2.20. The lowest BCUT2D eigenvalue weighted by molar-refractivity contribution is -0.123. The maximum atomic E-state index is 13.1. The number of carbonyl (C=O) groups excluding carboxylic acids is 1. The molecule has 0 amide bonds. The van der Waals surface area contributed by atoms with E-state index in [9.17, 15) is 13.6 Å². The quantitative estimate of drug-likeness (QED) is 0.822. The number of nitrogens with zero attached hydrogens (tertiary/aromatic N) is 1. The van der Waals surface area contributed by atoms with E-state index in [1.807, 2.05) is 6.07 Å². The standard InChI is InChI=1S/C14H13F2NO/c1-8(9-2-3-9)14(18)13(7-17)10-4-11(15)6-12(16)5-10/h4-6,8-9,13H,2-3H2,1H3. The number of rotatable bonds is 4. The number of carbonyl (C=O) groups is 1. The van der Waals surface area contributed by atoms with Crippen molar-refractivity contribution >= 4 is 5.78 Å². The average Bonchev–Trinajstić information content (AvgIpc) is 3.11. The van der Waals surface area contributed by atoms with Crippen LogP contribution in [0.25, 0.3) is 0 Å². The normalized spacial score (nSPS) is 17.9. The van der Waals surface area contributed by atoms with Crippen molar-refractivity contribution in [3.8, 4) is 6.07 Å². The third kappa shape index (κ3) is 2.56. The van der Waals surface area contributed by atoms with Crippen molar-refractivity contribution in [1.29, 1.82) is 5.26 Å². The zero-order valence-electron chi connectivity index (χ0n) is 9.99. The Morgan fingerprint density at radius 1 is 1.33 bits per heavy atom. The summed E-state index contributed by atoms with van der Waals surface area (Å²) in [5, 5.41) is 9.07. The van der Waals surface area contributed by atoms with E-state index in [1.165, 1.54) is 0 Å². The SMILES string of the molecule is CC(C(=O)C(C#N)c1cc(F)cc(F)c1)C1CC1. The van der Waals surface area contributed by atoms with Crippen LogP contribution in [0.2, 0.25) is 0 Å². The van der Waals surface area contributed by atoms with Crippen LogP contribution in [-0.4, -0.2) is 5.78 Å². The Morgan fingerprint density at radius 3 is 2.33 bits per heavy atom. The molecule has 2 atom stereocenters. The van der Waals surface area contributed by atoms with Crippen LogP contribution >= 0.6 is 0 Å². The van der Waals surface area contributed by atoms with Crippen LogP contribution in [0.4, 0.5) is 8.78 Å². The molecule has 0 N–H and O–H groups in total. The number of Topliss-reactive ketones (excluding diaryl/α,β-unsaturated/α-hetero) is 1. The molecular formula is C14H13F2NO. The average molecular weight is 249 g/mol. The van der Waals surface area contributed by atoms with Crippen molar-refractivity contribution in [2.75, 3.05) is 0 Å². The highest BCUT2D eigenvalue weighted by atomic mass is 19.1. The van der Waals surface area contributed by atoms with Crippen molar-refractivity contribution in [3.05, 3.63) is 35.4 Å². The minimum Gasteiger partial charge on any atom is -0.298 e. The first kappa shape index (κ1) is 12.7. The summed E-state index contributed by atoms with van der Waals surface area (Å²) < 4.78 is 26.2. The van der Waals surface area contributed by atoms with Crippen molar-refractivity contribution in [3.63, 3.8) is 0 Å². The van der Waals surface area contributed by atoms with E-state index >= 15 is 0 Å². The van der Waals surface area contributed by atoms with Gasteiger partial charge in [-0.15, -0.1) is 0 Å². The molecule has 0 radical (unpaired) electrons. The third-order valence-electron chi connectivity index (χ3n) is 3.41. The third-order valence-corrected chi connectivity index (χ3v) is 3.41. The maximum absolute atomic E-state index is 13.1. The molecule has 0 aliphatic heterocycles. The van der Waals surface area contributed by atoms with Crippen molar-refractivity contribution in [2.24, 2.45) is 11.8 Å². The van der Waals surface area contributed by atoms with E-state index in [0.717, 1.165) is 31.0 Å². The largest absolute Gasteiger partial charge is 0.298 e. The van der Waals surface area contributed by atoms with Crippen LogP contribution in [0, 0.1) is 34.8 Å². The van der Waals surface area contributed by atoms with Gasteiger partial charge in [-0.05, 0) is 36.5 Å². The first-order valence-corrected chi connectivity index (χ1v) is 5.92. The minimum atomic E-state index is -1.08. The smallest absolute Gasteiger partial charge is 0.157 e. The fraction of sp³-hybridized carbons (Fsp3) is 0.429. The lowest BCUT2D eigenvalue weighted by atomic mass is 9.87. The molecule has 1 aliphatic rings. The van der Waals surface area contributed by atoms with E-state index in [-0.39, 0.29) is 17.3 Å². The Morgan fingerprint density at radius 2 is 1.89 bits per heavy atom. The summed E-state index contributed by atoms with van der Waals surface area (Å²) in [6.45, 7) is 1.78. The second kappa shape index (κ2) is 4.85. The van der Waals surface area contributed by atoms with E-state index < -0.39 is 17.6 Å². The Labute approximate surface area is 104 Å². The van der Waals surface area contributed by atoms with Gasteiger partial charge in [0, 0.05) is 12.0 Å². The minimum absolute atomic E-state index is 0.104. The van der Waals surface area contributed by atoms with Gasteiger partial charge in [0.05, 0.1) is 6.07 Å². The number of hydrogen-bond acceptors (Lipinski definition) is 2. The maximum Gasteiger partial charge on any atom is 0.157 e.